The van der Waals surface area contributed by atoms with E-state index in [1.54, 1.807) is 0 Å². The van der Waals surface area contributed by atoms with Crippen LogP contribution in [-0.2, 0) is 9.53 Å². The highest BCUT2D eigenvalue weighted by molar-refractivity contribution is 5.72. The summed E-state index contributed by atoms with van der Waals surface area (Å²) in [5.74, 6) is 0.294. The fourth-order valence-corrected chi connectivity index (χ4v) is 2.17. The van der Waals surface area contributed by atoms with Crippen LogP contribution in [0.5, 0.6) is 0 Å². The van der Waals surface area contributed by atoms with Crippen molar-refractivity contribution in [2.24, 2.45) is 17.8 Å². The van der Waals surface area contributed by atoms with Gasteiger partial charge in [-0.25, -0.2) is 0 Å². The van der Waals surface area contributed by atoms with Crippen LogP contribution in [0.15, 0.2) is 0 Å². The van der Waals surface area contributed by atoms with Crippen molar-refractivity contribution in [3.05, 3.63) is 0 Å². The first-order valence-corrected chi connectivity index (χ1v) is 5.42. The largest absolute Gasteiger partial charge is 0.466 e. The summed E-state index contributed by atoms with van der Waals surface area (Å²) in [5.41, 5.74) is 0. The molecule has 0 heterocycles. The zero-order chi connectivity index (χ0) is 10.7. The molecule has 0 aromatic heterocycles. The number of hydrogen-bond donors (Lipinski definition) is 1. The van der Waals surface area contributed by atoms with Gasteiger partial charge in [0, 0.05) is 0 Å². The van der Waals surface area contributed by atoms with Gasteiger partial charge >= 0.3 is 5.97 Å². The lowest BCUT2D eigenvalue weighted by Crippen LogP contribution is -2.38. The average Bonchev–Trinajstić information content (AvgIpc) is 2.15. The Labute approximate surface area is 85.5 Å². The van der Waals surface area contributed by atoms with Crippen LogP contribution in [0.1, 0.15) is 33.6 Å². The Balaban J connectivity index is 2.58. The number of carbonyl (C=O) groups excluding carboxylic acids is 1. The zero-order valence-corrected chi connectivity index (χ0v) is 9.19. The van der Waals surface area contributed by atoms with Gasteiger partial charge in [-0.05, 0) is 31.6 Å². The minimum atomic E-state index is -0.254. The van der Waals surface area contributed by atoms with Gasteiger partial charge in [-0.1, -0.05) is 13.8 Å². The van der Waals surface area contributed by atoms with Crippen molar-refractivity contribution in [1.29, 1.82) is 0 Å². The smallest absolute Gasteiger partial charge is 0.309 e. The molecular formula is C11H20O3. The third-order valence-electron chi connectivity index (χ3n) is 3.43. The summed E-state index contributed by atoms with van der Waals surface area (Å²) in [5, 5.41) is 9.63. The van der Waals surface area contributed by atoms with E-state index >= 15 is 0 Å². The highest BCUT2D eigenvalue weighted by Gasteiger charge is 2.37. The van der Waals surface area contributed by atoms with E-state index in [0.29, 0.717) is 6.61 Å². The molecule has 0 bridgehead atoms. The second kappa shape index (κ2) is 4.78. The number of aliphatic hydroxyl groups is 1. The molecule has 0 aromatic rings. The van der Waals surface area contributed by atoms with Crippen LogP contribution in [0.2, 0.25) is 0 Å². The molecule has 1 aliphatic carbocycles. The predicted molar refractivity (Wildman–Crippen MR) is 53.7 cm³/mol. The second-order valence-corrected chi connectivity index (χ2v) is 4.22. The molecule has 0 aromatic carbocycles. The van der Waals surface area contributed by atoms with E-state index in [1.165, 1.54) is 0 Å². The number of rotatable bonds is 2. The molecule has 0 amide bonds. The summed E-state index contributed by atoms with van der Waals surface area (Å²) in [4.78, 5) is 11.6. The molecule has 0 saturated heterocycles. The van der Waals surface area contributed by atoms with Crippen molar-refractivity contribution in [2.75, 3.05) is 6.61 Å². The van der Waals surface area contributed by atoms with Crippen LogP contribution in [0.3, 0.4) is 0 Å². The van der Waals surface area contributed by atoms with Crippen molar-refractivity contribution in [3.8, 4) is 0 Å². The first-order valence-electron chi connectivity index (χ1n) is 5.42. The maximum absolute atomic E-state index is 11.6. The molecule has 1 rings (SSSR count). The van der Waals surface area contributed by atoms with Gasteiger partial charge in [-0.3, -0.25) is 4.79 Å². The summed E-state index contributed by atoms with van der Waals surface area (Å²) in [7, 11) is 0. The van der Waals surface area contributed by atoms with Crippen LogP contribution in [-0.4, -0.2) is 23.8 Å². The minimum absolute atomic E-state index is 0.0200. The highest BCUT2D eigenvalue weighted by Crippen LogP contribution is 2.35. The first-order chi connectivity index (χ1) is 6.57. The lowest BCUT2D eigenvalue weighted by molar-refractivity contribution is -0.153. The fourth-order valence-electron chi connectivity index (χ4n) is 2.17. The zero-order valence-electron chi connectivity index (χ0n) is 9.19. The van der Waals surface area contributed by atoms with Crippen LogP contribution >= 0.6 is 0 Å². The van der Waals surface area contributed by atoms with E-state index in [0.717, 1.165) is 12.8 Å². The number of aliphatic hydroxyl groups excluding tert-OH is 1. The number of hydrogen-bond acceptors (Lipinski definition) is 3. The second-order valence-electron chi connectivity index (χ2n) is 4.22. The third kappa shape index (κ3) is 2.27. The van der Waals surface area contributed by atoms with E-state index in [1.807, 2.05) is 20.8 Å². The van der Waals surface area contributed by atoms with Crippen molar-refractivity contribution in [2.45, 2.75) is 39.7 Å². The molecule has 1 saturated carbocycles. The molecule has 1 N–H and O–H groups in total. The molecule has 4 atom stereocenters. The summed E-state index contributed by atoms with van der Waals surface area (Å²) in [6.07, 6.45) is 1.22. The van der Waals surface area contributed by atoms with Gasteiger partial charge in [0.2, 0.25) is 0 Å². The Morgan fingerprint density at radius 1 is 1.36 bits per heavy atom. The number of ether oxygens (including phenoxy) is 1. The van der Waals surface area contributed by atoms with Crippen LogP contribution in [0.4, 0.5) is 0 Å². The van der Waals surface area contributed by atoms with Gasteiger partial charge in [0.25, 0.3) is 0 Å². The molecule has 0 spiro atoms. The quantitative estimate of drug-likeness (QED) is 0.689. The van der Waals surface area contributed by atoms with Gasteiger partial charge in [-0.2, -0.15) is 0 Å². The van der Waals surface area contributed by atoms with E-state index in [-0.39, 0.29) is 29.8 Å². The summed E-state index contributed by atoms with van der Waals surface area (Å²) in [6.45, 7) is 6.29. The van der Waals surface area contributed by atoms with E-state index in [4.69, 9.17) is 4.74 Å². The lowest BCUT2D eigenvalue weighted by Gasteiger charge is -2.35. The molecule has 14 heavy (non-hydrogen) atoms. The van der Waals surface area contributed by atoms with E-state index < -0.39 is 0 Å². The van der Waals surface area contributed by atoms with Gasteiger partial charge in [0.05, 0.1) is 18.6 Å². The summed E-state index contributed by atoms with van der Waals surface area (Å²) >= 11 is 0. The Morgan fingerprint density at radius 3 is 2.57 bits per heavy atom. The summed E-state index contributed by atoms with van der Waals surface area (Å²) < 4.78 is 5.01. The molecule has 4 unspecified atom stereocenters. The van der Waals surface area contributed by atoms with E-state index in [9.17, 15) is 9.90 Å². The monoisotopic (exact) mass is 200 g/mol. The van der Waals surface area contributed by atoms with Crippen molar-refractivity contribution >= 4 is 5.97 Å². The molecule has 82 valence electrons. The predicted octanol–water partition coefficient (Wildman–Crippen LogP) is 1.59. The van der Waals surface area contributed by atoms with Gasteiger partial charge < -0.3 is 9.84 Å². The maximum atomic E-state index is 11.6. The molecule has 3 nitrogen and oxygen atoms in total. The Hall–Kier alpha value is -0.570. The van der Waals surface area contributed by atoms with Crippen molar-refractivity contribution < 1.29 is 14.6 Å². The Kier molecular flexibility index (Phi) is 3.93. The number of carbonyl (C=O) groups is 1. The topological polar surface area (TPSA) is 46.5 Å². The van der Waals surface area contributed by atoms with Crippen LogP contribution < -0.4 is 0 Å². The average molecular weight is 200 g/mol. The standard InChI is InChI=1S/C11H20O3/c1-4-14-11(13)9-5-6-10(12)8(3)7(9)2/h7-10,12H,4-6H2,1-3H3. The maximum Gasteiger partial charge on any atom is 0.309 e. The SMILES string of the molecule is CCOC(=O)C1CCC(O)C(C)C1C. The highest BCUT2D eigenvalue weighted by atomic mass is 16.5. The molecular weight excluding hydrogens is 180 g/mol. The first kappa shape index (κ1) is 11.5. The Morgan fingerprint density at radius 2 is 2.00 bits per heavy atom. The molecule has 3 heteroatoms. The number of esters is 1. The molecule has 1 aliphatic rings. The lowest BCUT2D eigenvalue weighted by atomic mass is 9.72. The molecule has 0 radical (unpaired) electrons. The normalized spacial score (nSPS) is 38.0. The third-order valence-corrected chi connectivity index (χ3v) is 3.43. The van der Waals surface area contributed by atoms with E-state index in [2.05, 4.69) is 0 Å². The van der Waals surface area contributed by atoms with Gasteiger partial charge in [0.15, 0.2) is 0 Å². The minimum Gasteiger partial charge on any atom is -0.466 e. The van der Waals surface area contributed by atoms with Crippen molar-refractivity contribution in [3.63, 3.8) is 0 Å². The fraction of sp³-hybridized carbons (Fsp3) is 0.909. The summed E-state index contributed by atoms with van der Waals surface area (Å²) in [6, 6.07) is 0. The Bertz CT molecular complexity index is 203. The van der Waals surface area contributed by atoms with Crippen LogP contribution in [0.25, 0.3) is 0 Å². The van der Waals surface area contributed by atoms with Gasteiger partial charge in [-0.15, -0.1) is 0 Å². The van der Waals surface area contributed by atoms with Gasteiger partial charge in [0.1, 0.15) is 0 Å². The molecule has 0 aliphatic heterocycles. The molecule has 1 fully saturated rings. The van der Waals surface area contributed by atoms with Crippen molar-refractivity contribution in [1.82, 2.24) is 0 Å². The van der Waals surface area contributed by atoms with Crippen LogP contribution in [0, 0.1) is 17.8 Å².